The highest BCUT2D eigenvalue weighted by Gasteiger charge is 2.11. The molecule has 0 aliphatic carbocycles. The lowest BCUT2D eigenvalue weighted by molar-refractivity contribution is 0.102. The molecule has 0 radical (unpaired) electrons. The molecule has 0 atom stereocenters. The molecule has 110 valence electrons. The third-order valence-corrected chi connectivity index (χ3v) is 4.25. The number of aryl methyl sites for hydroxylation is 2. The number of hydrogen-bond acceptors (Lipinski definition) is 3. The van der Waals surface area contributed by atoms with Crippen molar-refractivity contribution in [2.45, 2.75) is 20.3 Å². The van der Waals surface area contributed by atoms with Gasteiger partial charge in [-0.05, 0) is 53.0 Å². The van der Waals surface area contributed by atoms with E-state index in [4.69, 9.17) is 0 Å². The Balaban J connectivity index is 2.30. The second-order valence-corrected chi connectivity index (χ2v) is 5.52. The average molecular weight is 348 g/mol. The van der Waals surface area contributed by atoms with Crippen molar-refractivity contribution < 1.29 is 4.79 Å². The lowest BCUT2D eigenvalue weighted by Gasteiger charge is -2.11. The number of benzene rings is 1. The van der Waals surface area contributed by atoms with Gasteiger partial charge in [-0.25, -0.2) is 4.98 Å². The van der Waals surface area contributed by atoms with E-state index >= 15 is 0 Å². The van der Waals surface area contributed by atoms with Crippen molar-refractivity contribution in [3.05, 3.63) is 51.6 Å². The van der Waals surface area contributed by atoms with Gasteiger partial charge in [0, 0.05) is 22.8 Å². The van der Waals surface area contributed by atoms with Crippen molar-refractivity contribution in [3.8, 4) is 0 Å². The van der Waals surface area contributed by atoms with E-state index in [0.29, 0.717) is 11.4 Å². The van der Waals surface area contributed by atoms with Gasteiger partial charge in [0.15, 0.2) is 0 Å². The van der Waals surface area contributed by atoms with E-state index in [9.17, 15) is 4.79 Å². The molecular formula is C16H18BrN3O. The number of amides is 1. The van der Waals surface area contributed by atoms with Crippen molar-refractivity contribution >= 4 is 33.3 Å². The summed E-state index contributed by atoms with van der Waals surface area (Å²) in [5.41, 5.74) is 3.32. The molecule has 0 spiro atoms. The maximum absolute atomic E-state index is 12.4. The molecule has 0 unspecified atom stereocenters. The molecule has 21 heavy (non-hydrogen) atoms. The summed E-state index contributed by atoms with van der Waals surface area (Å²) in [4.78, 5) is 16.8. The van der Waals surface area contributed by atoms with E-state index in [1.54, 1.807) is 13.1 Å². The van der Waals surface area contributed by atoms with Crippen LogP contribution >= 0.6 is 15.9 Å². The first-order chi connectivity index (χ1) is 10.0. The standard InChI is InChI=1S/C16H18BrN3O/c1-4-12-8-11(9-14(18-3)19-12)16(21)20-13-7-5-6-10(2)15(13)17/h5-9H,4H2,1-3H3,(H,18,19)(H,20,21). The van der Waals surface area contributed by atoms with E-state index < -0.39 is 0 Å². The molecule has 1 aromatic heterocycles. The molecule has 4 nitrogen and oxygen atoms in total. The second kappa shape index (κ2) is 6.72. The molecule has 0 saturated heterocycles. The van der Waals surface area contributed by atoms with Crippen LogP contribution in [0.2, 0.25) is 0 Å². The Morgan fingerprint density at radius 3 is 2.76 bits per heavy atom. The number of carbonyl (C=O) groups is 1. The number of carbonyl (C=O) groups excluding carboxylic acids is 1. The highest BCUT2D eigenvalue weighted by molar-refractivity contribution is 9.10. The number of hydrogen-bond donors (Lipinski definition) is 2. The third-order valence-electron chi connectivity index (χ3n) is 3.20. The lowest BCUT2D eigenvalue weighted by Crippen LogP contribution is -2.14. The molecule has 0 aliphatic rings. The predicted octanol–water partition coefficient (Wildman–Crippen LogP) is 4.01. The first-order valence-corrected chi connectivity index (χ1v) is 7.59. The summed E-state index contributed by atoms with van der Waals surface area (Å²) in [5.74, 6) is 0.553. The summed E-state index contributed by atoms with van der Waals surface area (Å²) in [7, 11) is 1.79. The fourth-order valence-corrected chi connectivity index (χ4v) is 2.33. The number of nitrogens with one attached hydrogen (secondary N) is 2. The van der Waals surface area contributed by atoms with Crippen molar-refractivity contribution in [2.24, 2.45) is 0 Å². The second-order valence-electron chi connectivity index (χ2n) is 4.73. The van der Waals surface area contributed by atoms with Crippen molar-refractivity contribution in [3.63, 3.8) is 0 Å². The maximum atomic E-state index is 12.4. The van der Waals surface area contributed by atoms with Gasteiger partial charge in [0.05, 0.1) is 5.69 Å². The minimum absolute atomic E-state index is 0.144. The SMILES string of the molecule is CCc1cc(C(=O)Nc2cccc(C)c2Br)cc(NC)n1. The number of nitrogens with zero attached hydrogens (tertiary/aromatic N) is 1. The Hall–Kier alpha value is -1.88. The van der Waals surface area contributed by atoms with Gasteiger partial charge < -0.3 is 10.6 Å². The van der Waals surface area contributed by atoms with Crippen LogP contribution in [-0.2, 0) is 6.42 Å². The first-order valence-electron chi connectivity index (χ1n) is 6.80. The van der Waals surface area contributed by atoms with Crippen LogP contribution in [0.1, 0.15) is 28.5 Å². The van der Waals surface area contributed by atoms with Gasteiger partial charge in [-0.2, -0.15) is 0 Å². The molecule has 1 heterocycles. The minimum Gasteiger partial charge on any atom is -0.373 e. The topological polar surface area (TPSA) is 54.0 Å². The minimum atomic E-state index is -0.144. The fourth-order valence-electron chi connectivity index (χ4n) is 1.97. The molecule has 0 fully saturated rings. The third kappa shape index (κ3) is 3.61. The Bertz CT molecular complexity index is 648. The summed E-state index contributed by atoms with van der Waals surface area (Å²) >= 11 is 3.50. The van der Waals surface area contributed by atoms with Gasteiger partial charge in [0.25, 0.3) is 5.91 Å². The van der Waals surface area contributed by atoms with E-state index in [-0.39, 0.29) is 5.91 Å². The summed E-state index contributed by atoms with van der Waals surface area (Å²) in [6.07, 6.45) is 0.782. The summed E-state index contributed by atoms with van der Waals surface area (Å²) in [5, 5.41) is 5.91. The predicted molar refractivity (Wildman–Crippen MR) is 90.0 cm³/mol. The molecule has 0 saturated carbocycles. The van der Waals surface area contributed by atoms with Crippen LogP contribution in [0.4, 0.5) is 11.5 Å². The average Bonchev–Trinajstić information content (AvgIpc) is 2.51. The van der Waals surface area contributed by atoms with Gasteiger partial charge in [0.2, 0.25) is 0 Å². The Labute approximate surface area is 133 Å². The zero-order valence-electron chi connectivity index (χ0n) is 12.3. The van der Waals surface area contributed by atoms with Gasteiger partial charge in [-0.1, -0.05) is 19.1 Å². The molecule has 2 N–H and O–H groups in total. The lowest BCUT2D eigenvalue weighted by atomic mass is 10.1. The summed E-state index contributed by atoms with van der Waals surface area (Å²) in [6.45, 7) is 4.00. The van der Waals surface area contributed by atoms with Crippen LogP contribution < -0.4 is 10.6 Å². The smallest absolute Gasteiger partial charge is 0.255 e. The fraction of sp³-hybridized carbons (Fsp3) is 0.250. The zero-order valence-corrected chi connectivity index (χ0v) is 13.9. The highest BCUT2D eigenvalue weighted by atomic mass is 79.9. The molecule has 2 aromatic rings. The zero-order chi connectivity index (χ0) is 15.4. The first kappa shape index (κ1) is 15.5. The van der Waals surface area contributed by atoms with E-state index in [1.165, 1.54) is 0 Å². The Morgan fingerprint density at radius 1 is 1.33 bits per heavy atom. The van der Waals surface area contributed by atoms with Gasteiger partial charge in [-0.15, -0.1) is 0 Å². The molecule has 0 bridgehead atoms. The van der Waals surface area contributed by atoms with E-state index in [1.807, 2.05) is 38.1 Å². The molecular weight excluding hydrogens is 330 g/mol. The quantitative estimate of drug-likeness (QED) is 0.878. The van der Waals surface area contributed by atoms with Crippen LogP contribution in [0.15, 0.2) is 34.8 Å². The van der Waals surface area contributed by atoms with Gasteiger partial charge in [0.1, 0.15) is 5.82 Å². The number of halogens is 1. The van der Waals surface area contributed by atoms with E-state index in [2.05, 4.69) is 31.5 Å². The molecule has 1 aromatic carbocycles. The molecule has 0 aliphatic heterocycles. The Kier molecular flexibility index (Phi) is 4.96. The number of anilines is 2. The number of aromatic nitrogens is 1. The normalized spacial score (nSPS) is 10.3. The van der Waals surface area contributed by atoms with Crippen LogP contribution in [-0.4, -0.2) is 17.9 Å². The summed E-state index contributed by atoms with van der Waals surface area (Å²) in [6, 6.07) is 9.34. The highest BCUT2D eigenvalue weighted by Crippen LogP contribution is 2.26. The maximum Gasteiger partial charge on any atom is 0.255 e. The molecule has 1 amide bonds. The van der Waals surface area contributed by atoms with Crippen molar-refractivity contribution in [1.82, 2.24) is 4.98 Å². The van der Waals surface area contributed by atoms with Crippen LogP contribution in [0.3, 0.4) is 0 Å². The Morgan fingerprint density at radius 2 is 2.10 bits per heavy atom. The van der Waals surface area contributed by atoms with E-state index in [0.717, 1.165) is 27.8 Å². The largest absolute Gasteiger partial charge is 0.373 e. The summed E-state index contributed by atoms with van der Waals surface area (Å²) < 4.78 is 0.900. The number of rotatable bonds is 4. The number of pyridine rings is 1. The van der Waals surface area contributed by atoms with Crippen LogP contribution in [0.5, 0.6) is 0 Å². The van der Waals surface area contributed by atoms with Crippen molar-refractivity contribution in [1.29, 1.82) is 0 Å². The van der Waals surface area contributed by atoms with Crippen LogP contribution in [0.25, 0.3) is 0 Å². The van der Waals surface area contributed by atoms with Gasteiger partial charge in [-0.3, -0.25) is 4.79 Å². The van der Waals surface area contributed by atoms with Crippen LogP contribution in [0, 0.1) is 6.92 Å². The van der Waals surface area contributed by atoms with Crippen molar-refractivity contribution in [2.75, 3.05) is 17.7 Å². The monoisotopic (exact) mass is 347 g/mol. The van der Waals surface area contributed by atoms with Gasteiger partial charge >= 0.3 is 0 Å². The molecule has 5 heteroatoms. The molecule has 2 rings (SSSR count).